The lowest BCUT2D eigenvalue weighted by Crippen LogP contribution is -2.26. The molecule has 1 atom stereocenters. The molecule has 0 N–H and O–H groups in total. The number of hydrogen-bond acceptors (Lipinski definition) is 4. The predicted molar refractivity (Wildman–Crippen MR) is 47.3 cm³/mol. The van der Waals surface area contributed by atoms with E-state index in [0.29, 0.717) is 13.2 Å². The van der Waals surface area contributed by atoms with Gasteiger partial charge in [-0.3, -0.25) is 9.59 Å². The highest BCUT2D eigenvalue weighted by atomic mass is 16.5. The van der Waals surface area contributed by atoms with E-state index >= 15 is 0 Å². The molecule has 4 heteroatoms. The molecule has 0 rings (SSSR count). The molecule has 4 nitrogen and oxygen atoms in total. The minimum atomic E-state index is -0.716. The molecule has 0 saturated heterocycles. The Bertz CT molecular complexity index is 176. The summed E-state index contributed by atoms with van der Waals surface area (Å²) in [5, 5.41) is 0. The van der Waals surface area contributed by atoms with Gasteiger partial charge in [0.2, 0.25) is 0 Å². The number of ketones is 1. The number of Topliss-reactive ketones (excluding diaryl/α,β-unsaturated/α-hetero) is 1. The number of rotatable bonds is 6. The van der Waals surface area contributed by atoms with Gasteiger partial charge in [-0.15, -0.1) is 0 Å². The van der Waals surface area contributed by atoms with E-state index in [1.807, 2.05) is 0 Å². The van der Waals surface area contributed by atoms with Gasteiger partial charge in [0.15, 0.2) is 5.78 Å². The molecule has 13 heavy (non-hydrogen) atoms. The highest BCUT2D eigenvalue weighted by Gasteiger charge is 2.21. The maximum absolute atomic E-state index is 11.2. The molecule has 0 aliphatic heterocycles. The first-order valence-corrected chi connectivity index (χ1v) is 4.40. The molecule has 0 amide bonds. The van der Waals surface area contributed by atoms with Crippen LogP contribution in [0.5, 0.6) is 0 Å². The van der Waals surface area contributed by atoms with Crippen LogP contribution < -0.4 is 0 Å². The van der Waals surface area contributed by atoms with Gasteiger partial charge < -0.3 is 9.47 Å². The molecule has 0 radical (unpaired) electrons. The molecule has 1 unspecified atom stereocenters. The van der Waals surface area contributed by atoms with Crippen LogP contribution in [0.25, 0.3) is 0 Å². The summed E-state index contributed by atoms with van der Waals surface area (Å²) in [5.41, 5.74) is 0. The summed E-state index contributed by atoms with van der Waals surface area (Å²) >= 11 is 0. The third-order valence-corrected chi connectivity index (χ3v) is 1.57. The van der Waals surface area contributed by atoms with Crippen molar-refractivity contribution < 1.29 is 19.1 Å². The van der Waals surface area contributed by atoms with Crippen molar-refractivity contribution in [3.05, 3.63) is 0 Å². The number of hydrogen-bond donors (Lipinski definition) is 0. The molecule has 0 bridgehead atoms. The fourth-order valence-electron chi connectivity index (χ4n) is 0.726. The Labute approximate surface area is 78.2 Å². The lowest BCUT2D eigenvalue weighted by molar-refractivity contribution is -0.151. The van der Waals surface area contributed by atoms with Crippen LogP contribution in [0, 0.1) is 5.92 Å². The Balaban J connectivity index is 3.87. The van der Waals surface area contributed by atoms with Crippen molar-refractivity contribution in [2.75, 3.05) is 19.8 Å². The third-order valence-electron chi connectivity index (χ3n) is 1.57. The van der Waals surface area contributed by atoms with Crippen LogP contribution in [0.3, 0.4) is 0 Å². The monoisotopic (exact) mass is 188 g/mol. The summed E-state index contributed by atoms with van der Waals surface area (Å²) in [5.74, 6) is -1.43. The Morgan fingerprint density at radius 3 is 2.31 bits per heavy atom. The molecule has 76 valence electrons. The lowest BCUT2D eigenvalue weighted by atomic mass is 10.1. The van der Waals surface area contributed by atoms with Gasteiger partial charge in [0, 0.05) is 6.61 Å². The summed E-state index contributed by atoms with van der Waals surface area (Å²) in [6, 6.07) is 0. The fourth-order valence-corrected chi connectivity index (χ4v) is 0.726. The number of esters is 1. The van der Waals surface area contributed by atoms with E-state index in [-0.39, 0.29) is 12.4 Å². The molecule has 0 spiro atoms. The topological polar surface area (TPSA) is 52.6 Å². The van der Waals surface area contributed by atoms with Crippen molar-refractivity contribution in [2.45, 2.75) is 20.8 Å². The molecule has 0 aromatic heterocycles. The summed E-state index contributed by atoms with van der Waals surface area (Å²) in [7, 11) is 0. The average molecular weight is 188 g/mol. The molecule has 0 heterocycles. The third kappa shape index (κ3) is 4.62. The van der Waals surface area contributed by atoms with Crippen LogP contribution in [0.2, 0.25) is 0 Å². The van der Waals surface area contributed by atoms with Gasteiger partial charge in [0.25, 0.3) is 0 Å². The lowest BCUT2D eigenvalue weighted by Gasteiger charge is -2.08. The molecular formula is C9H16O4. The second-order valence-electron chi connectivity index (χ2n) is 2.58. The summed E-state index contributed by atoms with van der Waals surface area (Å²) in [4.78, 5) is 22.2. The normalized spacial score (nSPS) is 12.2. The van der Waals surface area contributed by atoms with Crippen LogP contribution in [0.1, 0.15) is 20.8 Å². The van der Waals surface area contributed by atoms with Gasteiger partial charge in [0.05, 0.1) is 6.61 Å². The van der Waals surface area contributed by atoms with E-state index in [0.717, 1.165) is 0 Å². The van der Waals surface area contributed by atoms with E-state index in [4.69, 9.17) is 4.74 Å². The standard InChI is InChI=1S/C9H16O4/c1-4-12-6-8(10)7(3)9(11)13-5-2/h7H,4-6H2,1-3H3. The van der Waals surface area contributed by atoms with Gasteiger partial charge in [0.1, 0.15) is 12.5 Å². The van der Waals surface area contributed by atoms with E-state index in [2.05, 4.69) is 4.74 Å². The van der Waals surface area contributed by atoms with E-state index in [9.17, 15) is 9.59 Å². The molecule has 0 fully saturated rings. The smallest absolute Gasteiger partial charge is 0.316 e. The molecule has 0 aliphatic rings. The summed E-state index contributed by atoms with van der Waals surface area (Å²) < 4.78 is 9.58. The maximum Gasteiger partial charge on any atom is 0.316 e. The molecular weight excluding hydrogens is 172 g/mol. The zero-order valence-corrected chi connectivity index (χ0v) is 8.33. The van der Waals surface area contributed by atoms with Crippen molar-refractivity contribution in [1.29, 1.82) is 0 Å². The zero-order chi connectivity index (χ0) is 10.3. The number of carbonyl (C=O) groups is 2. The van der Waals surface area contributed by atoms with E-state index in [1.54, 1.807) is 13.8 Å². The summed E-state index contributed by atoms with van der Waals surface area (Å²) in [6.07, 6.45) is 0. The Hall–Kier alpha value is -0.900. The first-order valence-electron chi connectivity index (χ1n) is 4.40. The first kappa shape index (κ1) is 12.1. The van der Waals surface area contributed by atoms with E-state index in [1.165, 1.54) is 6.92 Å². The second-order valence-corrected chi connectivity index (χ2v) is 2.58. The van der Waals surface area contributed by atoms with Gasteiger partial charge in [-0.2, -0.15) is 0 Å². The predicted octanol–water partition coefficient (Wildman–Crippen LogP) is 0.791. The molecule has 0 saturated carbocycles. The Morgan fingerprint density at radius 1 is 1.23 bits per heavy atom. The Morgan fingerprint density at radius 2 is 1.85 bits per heavy atom. The SMILES string of the molecule is CCOCC(=O)C(C)C(=O)OCC. The van der Waals surface area contributed by atoms with Crippen molar-refractivity contribution in [2.24, 2.45) is 5.92 Å². The summed E-state index contributed by atoms with van der Waals surface area (Å²) in [6.45, 7) is 5.78. The van der Waals surface area contributed by atoms with Crippen LogP contribution in [-0.2, 0) is 19.1 Å². The maximum atomic E-state index is 11.2. The van der Waals surface area contributed by atoms with Crippen LogP contribution >= 0.6 is 0 Å². The quantitative estimate of drug-likeness (QED) is 0.457. The second kappa shape index (κ2) is 6.60. The largest absolute Gasteiger partial charge is 0.465 e. The average Bonchev–Trinajstić information content (AvgIpc) is 2.13. The minimum Gasteiger partial charge on any atom is -0.465 e. The van der Waals surface area contributed by atoms with Crippen LogP contribution in [-0.4, -0.2) is 31.6 Å². The van der Waals surface area contributed by atoms with Gasteiger partial charge >= 0.3 is 5.97 Å². The highest BCUT2D eigenvalue weighted by molar-refractivity contribution is 5.99. The van der Waals surface area contributed by atoms with Gasteiger partial charge in [-0.1, -0.05) is 0 Å². The van der Waals surface area contributed by atoms with E-state index < -0.39 is 11.9 Å². The number of ether oxygens (including phenoxy) is 2. The Kier molecular flexibility index (Phi) is 6.14. The van der Waals surface area contributed by atoms with Crippen molar-refractivity contribution >= 4 is 11.8 Å². The van der Waals surface area contributed by atoms with Gasteiger partial charge in [-0.05, 0) is 20.8 Å². The molecule has 0 aromatic carbocycles. The fraction of sp³-hybridized carbons (Fsp3) is 0.778. The zero-order valence-electron chi connectivity index (χ0n) is 8.33. The first-order chi connectivity index (χ1) is 6.13. The van der Waals surface area contributed by atoms with Crippen LogP contribution in [0.15, 0.2) is 0 Å². The van der Waals surface area contributed by atoms with Crippen molar-refractivity contribution in [1.82, 2.24) is 0 Å². The number of carbonyl (C=O) groups excluding carboxylic acids is 2. The molecule has 0 aromatic rings. The highest BCUT2D eigenvalue weighted by Crippen LogP contribution is 2.00. The van der Waals surface area contributed by atoms with Crippen molar-refractivity contribution in [3.8, 4) is 0 Å². The van der Waals surface area contributed by atoms with Crippen molar-refractivity contribution in [3.63, 3.8) is 0 Å². The molecule has 0 aliphatic carbocycles. The van der Waals surface area contributed by atoms with Gasteiger partial charge in [-0.25, -0.2) is 0 Å². The van der Waals surface area contributed by atoms with Crippen LogP contribution in [0.4, 0.5) is 0 Å². The minimum absolute atomic E-state index is 0.0174.